The molecule has 5 N–H and O–H groups in total. The second-order valence-electron chi connectivity index (χ2n) is 21.6. The summed E-state index contributed by atoms with van der Waals surface area (Å²) >= 11 is 0. The van der Waals surface area contributed by atoms with E-state index < -0.39 is 176 Å². The lowest BCUT2D eigenvalue weighted by atomic mass is 10.1. The highest BCUT2D eigenvalue weighted by atomic mass is 19.4. The first-order valence-electron chi connectivity index (χ1n) is 29.7. The topological polar surface area (TPSA) is 331 Å². The first-order chi connectivity index (χ1) is 52.8. The van der Waals surface area contributed by atoms with Crippen molar-refractivity contribution in [1.29, 1.82) is 5.26 Å². The Morgan fingerprint density at radius 1 is 0.325 bits per heavy atom. The van der Waals surface area contributed by atoms with Crippen molar-refractivity contribution in [3.63, 3.8) is 0 Å². The van der Waals surface area contributed by atoms with Crippen molar-refractivity contribution in [2.24, 2.45) is 0 Å². The summed E-state index contributed by atoms with van der Waals surface area (Å²) in [5, 5.41) is 74.9. The van der Waals surface area contributed by atoms with E-state index >= 15 is 0 Å². The number of nitro benzene ring substituents is 5. The van der Waals surface area contributed by atoms with Gasteiger partial charge in [0.1, 0.15) is 57.5 Å². The van der Waals surface area contributed by atoms with Gasteiger partial charge in [0.05, 0.1) is 64.7 Å². The fourth-order valence-corrected chi connectivity index (χ4v) is 8.69. The van der Waals surface area contributed by atoms with Gasteiger partial charge in [-0.25, -0.2) is 31.3 Å². The van der Waals surface area contributed by atoms with Gasteiger partial charge in [0, 0.05) is 71.3 Å². The molecule has 0 saturated carbocycles. The summed E-state index contributed by atoms with van der Waals surface area (Å²) in [5.41, 5.74) is -9.72. The number of hydrogen-bond donors (Lipinski definition) is 5. The number of nitrogens with zero attached hydrogens (tertiary/aromatic N) is 7. The van der Waals surface area contributed by atoms with E-state index in [1.54, 1.807) is 0 Å². The first kappa shape index (κ1) is 88.4. The molecule has 1 heterocycles. The number of anilines is 10. The van der Waals surface area contributed by atoms with Gasteiger partial charge in [0.2, 0.25) is 0 Å². The van der Waals surface area contributed by atoms with Crippen molar-refractivity contribution in [2.45, 2.75) is 37.4 Å². The molecule has 48 heteroatoms. The van der Waals surface area contributed by atoms with E-state index in [9.17, 15) is 156 Å². The van der Waals surface area contributed by atoms with E-state index in [4.69, 9.17) is 5.26 Å². The number of ether oxygens (including phenoxy) is 2. The van der Waals surface area contributed by atoms with E-state index in [1.165, 1.54) is 30.3 Å². The smallest absolute Gasteiger partial charge is 0.406 e. The summed E-state index contributed by atoms with van der Waals surface area (Å²) in [6.45, 7) is 0. The molecule has 0 fully saturated rings. The molecule has 9 aromatic carbocycles. The molecule has 24 nitrogen and oxygen atoms in total. The largest absolute Gasteiger partial charge is 0.573 e. The second-order valence-corrected chi connectivity index (χ2v) is 21.6. The van der Waals surface area contributed by atoms with Crippen LogP contribution in [0.25, 0.3) is 0 Å². The molecular weight excluding hydrogens is 1610 g/mol. The van der Waals surface area contributed by atoms with Crippen LogP contribution < -0.4 is 36.1 Å². The van der Waals surface area contributed by atoms with Crippen LogP contribution in [0.2, 0.25) is 0 Å². The van der Waals surface area contributed by atoms with Crippen molar-refractivity contribution in [2.75, 3.05) is 26.6 Å². The Balaban J connectivity index is 0.000000223. The van der Waals surface area contributed by atoms with E-state index in [0.29, 0.717) is 97.1 Å². The minimum atomic E-state index is -5.14. The van der Waals surface area contributed by atoms with Crippen molar-refractivity contribution in [3.05, 3.63) is 301 Å². The molecule has 1 aromatic heterocycles. The predicted molar refractivity (Wildman–Crippen MR) is 350 cm³/mol. The molecule has 0 atom stereocenters. The molecule has 0 bridgehead atoms. The Kier molecular flexibility index (Phi) is 28.2. The number of halogens is 24. The zero-order chi connectivity index (χ0) is 85.3. The SMILES string of the molecule is N#Cc1ccc([N+](=O)[O-])c(Nc2ccc(F)cn2)c1.O=[N+]([O-])c1ccc(C(F)(F)F)cc1Nc1cc(F)cc(F)c1.O=[N+]([O-])c1ccc(C(F)(F)F)cc1Nc1ccc(F)c(F)c1.O=[N+]([O-])c1ccc(C(F)(F)F)cc1Nc1ccc(OC(F)(F)F)c(F)c1.O=[N+]([O-])c1ccc(C(F)(F)F)cc1Nc1ccc(OC(F)(F)F)cc1. The third-order valence-electron chi connectivity index (χ3n) is 13.5. The standard InChI is InChI=1S/C14H7F7N2O3.C14H8F6N2O3.2C13H7F5N2O2.C12H7FN4O2/c15-9-6-8(2-4-12(9)26-14(19,20)21)22-10-5-7(13(16,17)18)1-3-11(10)23(24)25;15-13(16,17)8-1-6-12(22(23)24)11(7-8)21-9-2-4-10(5-3-9)25-14(18,19)20;14-9-3-2-8(6-10(9)15)19-11-5-7(13(16,17)18)1-4-12(11)20(21)22;14-8-4-9(15)6-10(5-8)19-11-3-7(13(16,17)18)1-2-12(11)20(21)22;13-9-2-4-12(15-7-9)16-10-5-8(6-14)1-3-11(10)17(18)19/h1-6,22H;1-7,21H;2*1-6,19H;1-5,7H,(H,15,16). The lowest BCUT2D eigenvalue weighted by molar-refractivity contribution is -0.384. The molecule has 0 amide bonds. The van der Waals surface area contributed by atoms with Gasteiger partial charge < -0.3 is 36.1 Å². The van der Waals surface area contributed by atoms with Crippen LogP contribution in [0.3, 0.4) is 0 Å². The monoisotopic (exact) mass is 1640 g/mol. The van der Waals surface area contributed by atoms with Gasteiger partial charge in [-0.1, -0.05) is 0 Å². The summed E-state index contributed by atoms with van der Waals surface area (Å²) < 4.78 is 310. The molecule has 0 aliphatic heterocycles. The van der Waals surface area contributed by atoms with Gasteiger partial charge >= 0.3 is 37.4 Å². The van der Waals surface area contributed by atoms with Crippen molar-refractivity contribution >= 4 is 85.4 Å². The second kappa shape index (κ2) is 36.4. The number of nitrogens with one attached hydrogen (secondary N) is 5. The highest BCUT2D eigenvalue weighted by Crippen LogP contribution is 2.42. The molecule has 114 heavy (non-hydrogen) atoms. The number of nitro groups is 5. The van der Waals surface area contributed by atoms with Gasteiger partial charge in [-0.15, -0.1) is 26.3 Å². The normalized spacial score (nSPS) is 11.3. The number of hydrogen-bond acceptors (Lipinski definition) is 19. The lowest BCUT2D eigenvalue weighted by Gasteiger charge is -2.13. The summed E-state index contributed by atoms with van der Waals surface area (Å²) in [4.78, 5) is 53.9. The molecule has 10 rings (SSSR count). The van der Waals surface area contributed by atoms with Crippen LogP contribution in [-0.2, 0) is 24.7 Å². The first-order valence-corrected chi connectivity index (χ1v) is 29.7. The summed E-state index contributed by atoms with van der Waals surface area (Å²) in [6.07, 6.45) is -28.0. The third-order valence-corrected chi connectivity index (χ3v) is 13.5. The van der Waals surface area contributed by atoms with E-state index in [1.807, 2.05) is 6.07 Å². The highest BCUT2D eigenvalue weighted by Gasteiger charge is 2.38. The van der Waals surface area contributed by atoms with Crippen molar-refractivity contribution in [3.8, 4) is 17.6 Å². The average molecular weight is 1650 g/mol. The van der Waals surface area contributed by atoms with Gasteiger partial charge in [0.15, 0.2) is 23.2 Å². The molecule has 0 saturated heterocycles. The number of nitriles is 1. The van der Waals surface area contributed by atoms with Gasteiger partial charge in [-0.2, -0.15) is 57.9 Å². The molecule has 0 aliphatic carbocycles. The average Bonchev–Trinajstić information content (AvgIpc) is 0.822. The molecule has 0 unspecified atom stereocenters. The van der Waals surface area contributed by atoms with E-state index in [2.05, 4.69) is 41.0 Å². The zero-order valence-electron chi connectivity index (χ0n) is 55.0. The maximum atomic E-state index is 13.6. The number of rotatable bonds is 17. The van der Waals surface area contributed by atoms with E-state index in [0.717, 1.165) is 60.8 Å². The molecule has 10 aromatic rings. The number of benzene rings is 9. The number of pyridine rings is 1. The van der Waals surface area contributed by atoms with Gasteiger partial charge in [0.25, 0.3) is 28.4 Å². The highest BCUT2D eigenvalue weighted by molar-refractivity contribution is 5.75. The fraction of sp³-hybridized carbons (Fsp3) is 0.0909. The Morgan fingerprint density at radius 2 is 0.667 bits per heavy atom. The lowest BCUT2D eigenvalue weighted by Crippen LogP contribution is -2.18. The van der Waals surface area contributed by atoms with Crippen LogP contribution >= 0.6 is 0 Å². The van der Waals surface area contributed by atoms with Gasteiger partial charge in [-0.3, -0.25) is 50.6 Å². The quantitative estimate of drug-likeness (QED) is 0.0321. The molecular formula is C66H36F24N12O12. The molecule has 0 aliphatic rings. The Labute approximate surface area is 616 Å². The van der Waals surface area contributed by atoms with Crippen LogP contribution in [0, 0.1) is 96.8 Å². The number of aromatic nitrogens is 1. The summed E-state index contributed by atoms with van der Waals surface area (Å²) in [7, 11) is 0. The minimum Gasteiger partial charge on any atom is -0.406 e. The zero-order valence-corrected chi connectivity index (χ0v) is 55.0. The van der Waals surface area contributed by atoms with Crippen LogP contribution in [0.15, 0.2) is 188 Å². The summed E-state index contributed by atoms with van der Waals surface area (Å²) in [6, 6.07) is 25.6. The van der Waals surface area contributed by atoms with Gasteiger partial charge in [-0.05, 0) is 133 Å². The van der Waals surface area contributed by atoms with Crippen LogP contribution in [0.1, 0.15) is 27.8 Å². The predicted octanol–water partition coefficient (Wildman–Crippen LogP) is 22.7. The van der Waals surface area contributed by atoms with Crippen LogP contribution in [0.5, 0.6) is 11.5 Å². The van der Waals surface area contributed by atoms with Crippen LogP contribution in [-0.4, -0.2) is 42.3 Å². The van der Waals surface area contributed by atoms with Crippen LogP contribution in [0.4, 0.5) is 191 Å². The minimum absolute atomic E-state index is 0.0388. The maximum Gasteiger partial charge on any atom is 0.573 e. The Morgan fingerprint density at radius 3 is 1.00 bits per heavy atom. The fourth-order valence-electron chi connectivity index (χ4n) is 8.69. The molecule has 600 valence electrons. The molecule has 0 spiro atoms. The summed E-state index contributed by atoms with van der Waals surface area (Å²) in [5.74, 6) is -7.77. The number of alkyl halides is 18. The maximum absolute atomic E-state index is 13.6. The van der Waals surface area contributed by atoms with E-state index in [-0.39, 0.29) is 45.5 Å². The Hall–Kier alpha value is -14.5. The van der Waals surface area contributed by atoms with Crippen molar-refractivity contribution in [1.82, 2.24) is 4.98 Å². The Bertz CT molecular complexity index is 5200. The van der Waals surface area contributed by atoms with Crippen molar-refractivity contribution < 1.29 is 139 Å². The molecule has 0 radical (unpaired) electrons. The third kappa shape index (κ3) is 26.7.